The van der Waals surface area contributed by atoms with E-state index in [0.29, 0.717) is 16.8 Å². The molecule has 0 saturated heterocycles. The molecule has 1 N–H and O–H groups in total. The molecule has 0 aromatic heterocycles. The number of esters is 1. The van der Waals surface area contributed by atoms with Crippen molar-refractivity contribution in [3.63, 3.8) is 0 Å². The molecule has 8 nitrogen and oxygen atoms in total. The predicted octanol–water partition coefficient (Wildman–Crippen LogP) is 2.90. The summed E-state index contributed by atoms with van der Waals surface area (Å²) >= 11 is 0. The van der Waals surface area contributed by atoms with Gasteiger partial charge in [-0.1, -0.05) is 24.3 Å². The summed E-state index contributed by atoms with van der Waals surface area (Å²) in [5, 5.41) is 13.5. The maximum atomic E-state index is 12.1. The molecule has 0 radical (unpaired) electrons. The van der Waals surface area contributed by atoms with Gasteiger partial charge in [-0.25, -0.2) is 4.79 Å². The van der Waals surface area contributed by atoms with E-state index in [2.05, 4.69) is 5.32 Å². The van der Waals surface area contributed by atoms with Crippen molar-refractivity contribution in [1.82, 2.24) is 0 Å². The first kappa shape index (κ1) is 18.8. The number of nitrogens with one attached hydrogen (secondary N) is 1. The van der Waals surface area contributed by atoms with E-state index in [9.17, 15) is 24.5 Å². The van der Waals surface area contributed by atoms with E-state index in [0.717, 1.165) is 0 Å². The van der Waals surface area contributed by atoms with Gasteiger partial charge in [0.05, 0.1) is 4.92 Å². The summed E-state index contributed by atoms with van der Waals surface area (Å²) in [5.74, 6) is -1.74. The number of Topliss-reactive ketones (excluding diaryl/α,β-unsaturated/α-hetero) is 1. The lowest BCUT2D eigenvalue weighted by atomic mass is 10.1. The van der Waals surface area contributed by atoms with Crippen LogP contribution in [0.2, 0.25) is 0 Å². The SMILES string of the molecule is CC(=O)c1cccc(NC(=O)COC(=O)c2c(C)cccc2[N+](=O)[O-])c1. The number of amides is 1. The molecule has 0 bridgehead atoms. The molecule has 26 heavy (non-hydrogen) atoms. The first-order valence-corrected chi connectivity index (χ1v) is 7.61. The fourth-order valence-corrected chi connectivity index (χ4v) is 2.29. The van der Waals surface area contributed by atoms with Gasteiger partial charge < -0.3 is 10.1 Å². The second-order valence-corrected chi connectivity index (χ2v) is 5.49. The van der Waals surface area contributed by atoms with Crippen LogP contribution in [0.5, 0.6) is 0 Å². The molecule has 0 atom stereocenters. The summed E-state index contributed by atoms with van der Waals surface area (Å²) < 4.78 is 4.89. The lowest BCUT2D eigenvalue weighted by Gasteiger charge is -2.09. The number of benzene rings is 2. The van der Waals surface area contributed by atoms with Crippen LogP contribution in [0.25, 0.3) is 0 Å². The van der Waals surface area contributed by atoms with Gasteiger partial charge in [-0.15, -0.1) is 0 Å². The zero-order chi connectivity index (χ0) is 19.3. The van der Waals surface area contributed by atoms with Crippen LogP contribution in [0.3, 0.4) is 0 Å². The van der Waals surface area contributed by atoms with Crippen molar-refractivity contribution in [2.45, 2.75) is 13.8 Å². The minimum Gasteiger partial charge on any atom is -0.452 e. The molecule has 0 unspecified atom stereocenters. The number of carbonyl (C=O) groups excluding carboxylic acids is 3. The standard InChI is InChI=1S/C18H16N2O6/c1-11-5-3-8-15(20(24)25)17(11)18(23)26-10-16(22)19-14-7-4-6-13(9-14)12(2)21/h3-9H,10H2,1-2H3,(H,19,22). The summed E-state index contributed by atoms with van der Waals surface area (Å²) in [6, 6.07) is 10.5. The highest BCUT2D eigenvalue weighted by Crippen LogP contribution is 2.22. The lowest BCUT2D eigenvalue weighted by Crippen LogP contribution is -2.21. The van der Waals surface area contributed by atoms with Crippen molar-refractivity contribution in [3.05, 3.63) is 69.3 Å². The number of rotatable bonds is 6. The van der Waals surface area contributed by atoms with Crippen molar-refractivity contribution >= 4 is 29.0 Å². The van der Waals surface area contributed by atoms with Crippen LogP contribution < -0.4 is 5.32 Å². The molecule has 0 heterocycles. The highest BCUT2D eigenvalue weighted by Gasteiger charge is 2.24. The van der Waals surface area contributed by atoms with Crippen molar-refractivity contribution in [1.29, 1.82) is 0 Å². The van der Waals surface area contributed by atoms with Crippen LogP contribution in [0.1, 0.15) is 33.2 Å². The van der Waals surface area contributed by atoms with Crippen LogP contribution in [0, 0.1) is 17.0 Å². The third kappa shape index (κ3) is 4.50. The van der Waals surface area contributed by atoms with Gasteiger partial charge in [0.1, 0.15) is 5.56 Å². The average Bonchev–Trinajstić information content (AvgIpc) is 2.59. The topological polar surface area (TPSA) is 116 Å². The highest BCUT2D eigenvalue weighted by atomic mass is 16.6. The number of aryl methyl sites for hydroxylation is 1. The Labute approximate surface area is 148 Å². The molecule has 0 saturated carbocycles. The number of anilines is 1. The Balaban J connectivity index is 2.04. The van der Waals surface area contributed by atoms with Crippen LogP contribution >= 0.6 is 0 Å². The van der Waals surface area contributed by atoms with Crippen LogP contribution in [-0.2, 0) is 9.53 Å². The van der Waals surface area contributed by atoms with Gasteiger partial charge in [-0.3, -0.25) is 19.7 Å². The van der Waals surface area contributed by atoms with E-state index >= 15 is 0 Å². The molecule has 2 aromatic rings. The summed E-state index contributed by atoms with van der Waals surface area (Å²) in [4.78, 5) is 45.8. The molecule has 1 amide bonds. The van der Waals surface area contributed by atoms with E-state index < -0.39 is 23.4 Å². The van der Waals surface area contributed by atoms with Crippen molar-refractivity contribution in [3.8, 4) is 0 Å². The van der Waals surface area contributed by atoms with Crippen molar-refractivity contribution in [2.24, 2.45) is 0 Å². The van der Waals surface area contributed by atoms with Gasteiger partial charge >= 0.3 is 5.97 Å². The second kappa shape index (κ2) is 8.02. The van der Waals surface area contributed by atoms with Gasteiger partial charge in [-0.2, -0.15) is 0 Å². The van der Waals surface area contributed by atoms with Crippen molar-refractivity contribution < 1.29 is 24.0 Å². The number of carbonyl (C=O) groups is 3. The molecular formula is C18H16N2O6. The molecule has 0 fully saturated rings. The van der Waals surface area contributed by atoms with E-state index in [1.54, 1.807) is 18.2 Å². The number of hydrogen-bond acceptors (Lipinski definition) is 6. The van der Waals surface area contributed by atoms with E-state index in [-0.39, 0.29) is 17.0 Å². The number of ketones is 1. The highest BCUT2D eigenvalue weighted by molar-refractivity contribution is 5.99. The Morgan fingerprint density at radius 1 is 1.15 bits per heavy atom. The third-order valence-electron chi connectivity index (χ3n) is 3.54. The number of ether oxygens (including phenoxy) is 1. The number of nitrogens with zero attached hydrogens (tertiary/aromatic N) is 1. The largest absolute Gasteiger partial charge is 0.452 e. The van der Waals surface area contributed by atoms with Crippen LogP contribution in [-0.4, -0.2) is 29.2 Å². The summed E-state index contributed by atoms with van der Waals surface area (Å²) in [7, 11) is 0. The second-order valence-electron chi connectivity index (χ2n) is 5.49. The zero-order valence-electron chi connectivity index (χ0n) is 14.1. The maximum Gasteiger partial charge on any atom is 0.345 e. The minimum atomic E-state index is -0.956. The summed E-state index contributed by atoms with van der Waals surface area (Å²) in [5.41, 5.74) is 0.600. The Kier molecular flexibility index (Phi) is 5.79. The Bertz CT molecular complexity index is 891. The molecule has 0 spiro atoms. The van der Waals surface area contributed by atoms with Gasteiger partial charge in [0.25, 0.3) is 11.6 Å². The quantitative estimate of drug-likeness (QED) is 0.368. The Morgan fingerprint density at radius 3 is 2.50 bits per heavy atom. The first-order valence-electron chi connectivity index (χ1n) is 7.61. The molecule has 0 aliphatic heterocycles. The van der Waals surface area contributed by atoms with E-state index in [4.69, 9.17) is 4.74 Å². The number of nitro groups is 1. The maximum absolute atomic E-state index is 12.1. The normalized spacial score (nSPS) is 10.1. The van der Waals surface area contributed by atoms with Crippen LogP contribution in [0.4, 0.5) is 11.4 Å². The van der Waals surface area contributed by atoms with Gasteiger partial charge in [0.2, 0.25) is 0 Å². The Hall–Kier alpha value is -3.55. The van der Waals surface area contributed by atoms with E-state index in [1.165, 1.54) is 38.1 Å². The molecule has 0 aliphatic carbocycles. The predicted molar refractivity (Wildman–Crippen MR) is 93.2 cm³/mol. The Morgan fingerprint density at radius 2 is 1.85 bits per heavy atom. The molecular weight excluding hydrogens is 340 g/mol. The zero-order valence-corrected chi connectivity index (χ0v) is 14.1. The number of hydrogen-bond donors (Lipinski definition) is 1. The average molecular weight is 356 g/mol. The van der Waals surface area contributed by atoms with Gasteiger partial charge in [0, 0.05) is 17.3 Å². The smallest absolute Gasteiger partial charge is 0.345 e. The van der Waals surface area contributed by atoms with Crippen LogP contribution in [0.15, 0.2) is 42.5 Å². The summed E-state index contributed by atoms with van der Waals surface area (Å²) in [6.45, 7) is 2.32. The first-order chi connectivity index (χ1) is 12.3. The molecule has 2 rings (SSSR count). The lowest BCUT2D eigenvalue weighted by molar-refractivity contribution is -0.385. The third-order valence-corrected chi connectivity index (χ3v) is 3.54. The fraction of sp³-hybridized carbons (Fsp3) is 0.167. The van der Waals surface area contributed by atoms with Gasteiger partial charge in [-0.05, 0) is 31.5 Å². The molecule has 2 aromatic carbocycles. The van der Waals surface area contributed by atoms with Crippen molar-refractivity contribution in [2.75, 3.05) is 11.9 Å². The molecule has 134 valence electrons. The van der Waals surface area contributed by atoms with E-state index in [1.807, 2.05) is 0 Å². The molecule has 0 aliphatic rings. The summed E-state index contributed by atoms with van der Waals surface area (Å²) in [6.07, 6.45) is 0. The number of nitro benzene ring substituents is 1. The fourth-order valence-electron chi connectivity index (χ4n) is 2.29. The molecule has 8 heteroatoms. The monoisotopic (exact) mass is 356 g/mol. The van der Waals surface area contributed by atoms with Gasteiger partial charge in [0.15, 0.2) is 12.4 Å². The minimum absolute atomic E-state index is 0.153.